The third-order valence-corrected chi connectivity index (χ3v) is 3.59. The molecular weight excluding hydrogens is 250 g/mol. The standard InChI is InChI=1S/C17H21NO2/c1-10-6-13(4)16(18-9-10)17(19)14-7-12(3)15(20-5)8-11(14)2/h6-9,17,19H,1-5H3. The zero-order chi connectivity index (χ0) is 14.9. The second-order valence-corrected chi connectivity index (χ2v) is 5.30. The van der Waals surface area contributed by atoms with Crippen molar-refractivity contribution in [3.63, 3.8) is 0 Å². The van der Waals surface area contributed by atoms with Gasteiger partial charge in [0.1, 0.15) is 11.9 Å². The Labute approximate surface area is 120 Å². The number of aryl methyl sites for hydroxylation is 4. The van der Waals surface area contributed by atoms with Crippen molar-refractivity contribution in [2.45, 2.75) is 33.8 Å². The third-order valence-electron chi connectivity index (χ3n) is 3.59. The predicted molar refractivity (Wildman–Crippen MR) is 80.2 cm³/mol. The fourth-order valence-electron chi connectivity index (χ4n) is 2.49. The molecule has 0 saturated carbocycles. The summed E-state index contributed by atoms with van der Waals surface area (Å²) in [5.41, 5.74) is 5.70. The minimum absolute atomic E-state index is 0.708. The van der Waals surface area contributed by atoms with E-state index in [1.165, 1.54) is 0 Å². The molecular formula is C17H21NO2. The highest BCUT2D eigenvalue weighted by Crippen LogP contribution is 2.30. The van der Waals surface area contributed by atoms with Crippen LogP contribution in [0.5, 0.6) is 5.75 Å². The highest BCUT2D eigenvalue weighted by Gasteiger charge is 2.18. The molecule has 0 spiro atoms. The molecule has 1 aromatic carbocycles. The predicted octanol–water partition coefficient (Wildman–Crippen LogP) is 3.41. The maximum atomic E-state index is 10.6. The summed E-state index contributed by atoms with van der Waals surface area (Å²) in [6.45, 7) is 7.93. The van der Waals surface area contributed by atoms with Gasteiger partial charge in [0.25, 0.3) is 0 Å². The summed E-state index contributed by atoms with van der Waals surface area (Å²) >= 11 is 0. The topological polar surface area (TPSA) is 42.4 Å². The first kappa shape index (κ1) is 14.5. The number of nitrogens with zero attached hydrogens (tertiary/aromatic N) is 1. The lowest BCUT2D eigenvalue weighted by Gasteiger charge is -2.18. The zero-order valence-electron chi connectivity index (χ0n) is 12.7. The lowest BCUT2D eigenvalue weighted by Crippen LogP contribution is -2.07. The molecule has 1 aromatic heterocycles. The average Bonchev–Trinajstić information content (AvgIpc) is 2.40. The minimum Gasteiger partial charge on any atom is -0.496 e. The largest absolute Gasteiger partial charge is 0.496 e. The van der Waals surface area contributed by atoms with E-state index in [0.29, 0.717) is 5.69 Å². The smallest absolute Gasteiger partial charge is 0.122 e. The summed E-state index contributed by atoms with van der Waals surface area (Å²) in [5.74, 6) is 0.840. The van der Waals surface area contributed by atoms with Crippen LogP contribution in [-0.2, 0) is 0 Å². The Morgan fingerprint density at radius 1 is 1.00 bits per heavy atom. The number of aliphatic hydroxyl groups excluding tert-OH is 1. The molecule has 2 aromatic rings. The molecule has 1 atom stereocenters. The van der Waals surface area contributed by atoms with Gasteiger partial charge in [0.2, 0.25) is 0 Å². The van der Waals surface area contributed by atoms with E-state index in [4.69, 9.17) is 4.74 Å². The zero-order valence-corrected chi connectivity index (χ0v) is 12.7. The summed E-state index contributed by atoms with van der Waals surface area (Å²) < 4.78 is 5.31. The molecule has 0 radical (unpaired) electrons. The Balaban J connectivity index is 2.48. The molecule has 0 aliphatic carbocycles. The van der Waals surface area contributed by atoms with E-state index in [1.807, 2.05) is 45.9 Å². The van der Waals surface area contributed by atoms with Crippen LogP contribution in [0.3, 0.4) is 0 Å². The second-order valence-electron chi connectivity index (χ2n) is 5.30. The number of rotatable bonds is 3. The van der Waals surface area contributed by atoms with Crippen molar-refractivity contribution < 1.29 is 9.84 Å². The Hall–Kier alpha value is -1.87. The molecule has 3 nitrogen and oxygen atoms in total. The van der Waals surface area contributed by atoms with E-state index in [0.717, 1.165) is 33.6 Å². The van der Waals surface area contributed by atoms with Crippen LogP contribution in [0.2, 0.25) is 0 Å². The second kappa shape index (κ2) is 5.63. The molecule has 1 unspecified atom stereocenters. The van der Waals surface area contributed by atoms with Gasteiger partial charge >= 0.3 is 0 Å². The quantitative estimate of drug-likeness (QED) is 0.930. The maximum absolute atomic E-state index is 10.6. The van der Waals surface area contributed by atoms with Gasteiger partial charge in [-0.15, -0.1) is 0 Å². The van der Waals surface area contributed by atoms with Gasteiger partial charge in [0.15, 0.2) is 0 Å². The monoisotopic (exact) mass is 271 g/mol. The van der Waals surface area contributed by atoms with Crippen LogP contribution in [0.1, 0.15) is 39.6 Å². The molecule has 0 aliphatic rings. The molecule has 0 saturated heterocycles. The van der Waals surface area contributed by atoms with Gasteiger partial charge < -0.3 is 9.84 Å². The van der Waals surface area contributed by atoms with Crippen LogP contribution in [0.4, 0.5) is 0 Å². The van der Waals surface area contributed by atoms with Crippen molar-refractivity contribution in [2.75, 3.05) is 7.11 Å². The fourth-order valence-corrected chi connectivity index (χ4v) is 2.49. The Morgan fingerprint density at radius 3 is 2.30 bits per heavy atom. The van der Waals surface area contributed by atoms with Crippen molar-refractivity contribution in [2.24, 2.45) is 0 Å². The van der Waals surface area contributed by atoms with Gasteiger partial charge in [-0.2, -0.15) is 0 Å². The molecule has 0 amide bonds. The Kier molecular flexibility index (Phi) is 4.09. The minimum atomic E-state index is -0.708. The van der Waals surface area contributed by atoms with Gasteiger partial charge in [-0.1, -0.05) is 6.07 Å². The molecule has 1 heterocycles. The molecule has 3 heteroatoms. The van der Waals surface area contributed by atoms with Crippen LogP contribution in [0.15, 0.2) is 24.4 Å². The third kappa shape index (κ3) is 2.68. The summed E-state index contributed by atoms with van der Waals surface area (Å²) in [5, 5.41) is 10.6. The van der Waals surface area contributed by atoms with Crippen molar-refractivity contribution in [1.82, 2.24) is 4.98 Å². The molecule has 0 fully saturated rings. The van der Waals surface area contributed by atoms with E-state index in [-0.39, 0.29) is 0 Å². The van der Waals surface area contributed by atoms with Gasteiger partial charge in [-0.3, -0.25) is 4.98 Å². The number of aliphatic hydroxyl groups is 1. The first-order chi connectivity index (χ1) is 9.43. The number of hydrogen-bond donors (Lipinski definition) is 1. The van der Waals surface area contributed by atoms with Crippen LogP contribution in [-0.4, -0.2) is 17.2 Å². The maximum Gasteiger partial charge on any atom is 0.122 e. The van der Waals surface area contributed by atoms with E-state index in [9.17, 15) is 5.11 Å². The van der Waals surface area contributed by atoms with Crippen molar-refractivity contribution in [1.29, 1.82) is 0 Å². The van der Waals surface area contributed by atoms with E-state index in [1.54, 1.807) is 13.3 Å². The van der Waals surface area contributed by atoms with Crippen LogP contribution in [0.25, 0.3) is 0 Å². The number of hydrogen-bond acceptors (Lipinski definition) is 3. The fraction of sp³-hybridized carbons (Fsp3) is 0.353. The van der Waals surface area contributed by atoms with Gasteiger partial charge in [0, 0.05) is 6.20 Å². The molecule has 2 rings (SSSR count). The Morgan fingerprint density at radius 2 is 1.70 bits per heavy atom. The van der Waals surface area contributed by atoms with Crippen molar-refractivity contribution >= 4 is 0 Å². The number of benzene rings is 1. The summed E-state index contributed by atoms with van der Waals surface area (Å²) in [6, 6.07) is 5.97. The van der Waals surface area contributed by atoms with E-state index < -0.39 is 6.10 Å². The number of methoxy groups -OCH3 is 1. The van der Waals surface area contributed by atoms with Gasteiger partial charge in [-0.25, -0.2) is 0 Å². The Bertz CT molecular complexity index is 635. The molecule has 0 bridgehead atoms. The number of pyridine rings is 1. The lowest BCUT2D eigenvalue weighted by molar-refractivity contribution is 0.213. The highest BCUT2D eigenvalue weighted by molar-refractivity contribution is 5.45. The molecule has 0 aliphatic heterocycles. The molecule has 106 valence electrons. The van der Waals surface area contributed by atoms with Gasteiger partial charge in [-0.05, 0) is 67.6 Å². The van der Waals surface area contributed by atoms with Crippen LogP contribution < -0.4 is 4.74 Å². The number of aromatic nitrogens is 1. The summed E-state index contributed by atoms with van der Waals surface area (Å²) in [4.78, 5) is 4.39. The van der Waals surface area contributed by atoms with Crippen molar-refractivity contribution in [3.8, 4) is 5.75 Å². The normalized spacial score (nSPS) is 12.3. The summed E-state index contributed by atoms with van der Waals surface area (Å²) in [6.07, 6.45) is 1.08. The van der Waals surface area contributed by atoms with Crippen LogP contribution >= 0.6 is 0 Å². The van der Waals surface area contributed by atoms with E-state index >= 15 is 0 Å². The summed E-state index contributed by atoms with van der Waals surface area (Å²) in [7, 11) is 1.66. The average molecular weight is 271 g/mol. The number of ether oxygens (including phenoxy) is 1. The SMILES string of the molecule is COc1cc(C)c(C(O)c2ncc(C)cc2C)cc1C. The molecule has 20 heavy (non-hydrogen) atoms. The van der Waals surface area contributed by atoms with E-state index in [2.05, 4.69) is 4.98 Å². The van der Waals surface area contributed by atoms with Gasteiger partial charge in [0.05, 0.1) is 12.8 Å². The first-order valence-electron chi connectivity index (χ1n) is 6.70. The highest BCUT2D eigenvalue weighted by atomic mass is 16.5. The van der Waals surface area contributed by atoms with Crippen molar-refractivity contribution in [3.05, 3.63) is 57.9 Å². The van der Waals surface area contributed by atoms with Crippen LogP contribution in [0, 0.1) is 27.7 Å². The first-order valence-corrected chi connectivity index (χ1v) is 6.70. The molecule has 1 N–H and O–H groups in total. The lowest BCUT2D eigenvalue weighted by atomic mass is 9.96.